The molecule has 0 spiro atoms. The van der Waals surface area contributed by atoms with Gasteiger partial charge in [-0.3, -0.25) is 0 Å². The molecular weight excluding hydrogens is 122 g/mol. The highest BCUT2D eigenvalue weighted by Gasteiger charge is 2.14. The molecule has 0 bridgehead atoms. The van der Waals surface area contributed by atoms with E-state index < -0.39 is 0 Å². The number of hydrogen-bond donors (Lipinski definition) is 2. The minimum atomic E-state index is -0.101. The predicted molar refractivity (Wildman–Crippen MR) is 34.5 cm³/mol. The Kier molecular flexibility index (Phi) is 1.39. The number of nitrogens with two attached hydrogens (primary N) is 2. The van der Waals surface area contributed by atoms with E-state index in [0.717, 1.165) is 0 Å². The van der Waals surface area contributed by atoms with Gasteiger partial charge >= 0.3 is 0 Å². The Hall–Kier alpha value is -0.290. The zero-order valence-electron chi connectivity index (χ0n) is 4.32. The third-order valence-corrected chi connectivity index (χ3v) is 1.52. The van der Waals surface area contributed by atoms with Crippen LogP contribution in [0.3, 0.4) is 0 Å². The van der Waals surface area contributed by atoms with Crippen molar-refractivity contribution in [3.05, 3.63) is 23.8 Å². The standard InChI is InChI=1S/C4H8N3S/c5-7(6)3-1-2-4-8-7/h1-4H,5-6H2/q+1. The van der Waals surface area contributed by atoms with Crippen LogP contribution < -0.4 is 11.7 Å². The second-order valence-electron chi connectivity index (χ2n) is 1.54. The number of quaternary nitrogens is 1. The Balaban J connectivity index is 2.65. The molecule has 0 aromatic carbocycles. The monoisotopic (exact) mass is 130 g/mol. The molecule has 1 aliphatic rings. The molecule has 8 heavy (non-hydrogen) atoms. The molecule has 4 heteroatoms. The summed E-state index contributed by atoms with van der Waals surface area (Å²) < 4.78 is -0.101. The highest BCUT2D eigenvalue weighted by molar-refractivity contribution is 7.96. The first kappa shape index (κ1) is 5.84. The van der Waals surface area contributed by atoms with Crippen molar-refractivity contribution in [1.29, 1.82) is 0 Å². The van der Waals surface area contributed by atoms with E-state index >= 15 is 0 Å². The zero-order valence-corrected chi connectivity index (χ0v) is 5.14. The highest BCUT2D eigenvalue weighted by atomic mass is 32.2. The lowest BCUT2D eigenvalue weighted by Crippen LogP contribution is -2.49. The van der Waals surface area contributed by atoms with Gasteiger partial charge in [0, 0.05) is 5.41 Å². The van der Waals surface area contributed by atoms with Crippen molar-refractivity contribution in [2.24, 2.45) is 11.7 Å². The van der Waals surface area contributed by atoms with Gasteiger partial charge in [0.25, 0.3) is 0 Å². The van der Waals surface area contributed by atoms with Crippen LogP contribution in [0.5, 0.6) is 0 Å². The van der Waals surface area contributed by atoms with Crippen molar-refractivity contribution in [3.63, 3.8) is 0 Å². The first-order valence-electron chi connectivity index (χ1n) is 2.19. The molecule has 3 nitrogen and oxygen atoms in total. The average molecular weight is 130 g/mol. The summed E-state index contributed by atoms with van der Waals surface area (Å²) in [7, 11) is 0. The molecular formula is C4H8N3S+. The highest BCUT2D eigenvalue weighted by Crippen LogP contribution is 2.16. The topological polar surface area (TPSA) is 52.0 Å². The Bertz CT molecular complexity index is 138. The maximum absolute atomic E-state index is 5.42. The SMILES string of the molecule is N[N+]1(N)C=CC=CS1. The summed E-state index contributed by atoms with van der Waals surface area (Å²) in [4.78, 5) is 0. The molecule has 4 N–H and O–H groups in total. The van der Waals surface area contributed by atoms with Gasteiger partial charge < -0.3 is 0 Å². The molecule has 0 amide bonds. The number of hydrogen-bond acceptors (Lipinski definition) is 3. The summed E-state index contributed by atoms with van der Waals surface area (Å²) in [6, 6.07) is 0. The molecule has 1 rings (SSSR count). The molecule has 0 saturated carbocycles. The largest absolute Gasteiger partial charge is 0.152 e. The molecule has 0 radical (unpaired) electrons. The van der Waals surface area contributed by atoms with Gasteiger partial charge in [-0.15, -0.1) is 11.7 Å². The maximum atomic E-state index is 5.42. The zero-order chi connectivity index (χ0) is 6.04. The molecule has 0 atom stereocenters. The second-order valence-corrected chi connectivity index (χ2v) is 2.65. The predicted octanol–water partition coefficient (Wildman–Crippen LogP) is 0.240. The fraction of sp³-hybridized carbons (Fsp3) is 0. The molecule has 1 aliphatic heterocycles. The second kappa shape index (κ2) is 1.91. The van der Waals surface area contributed by atoms with Gasteiger partial charge in [-0.05, 0) is 12.2 Å². The van der Waals surface area contributed by atoms with Crippen molar-refractivity contribution < 1.29 is 4.11 Å². The van der Waals surface area contributed by atoms with E-state index in [2.05, 4.69) is 0 Å². The van der Waals surface area contributed by atoms with E-state index in [1.54, 1.807) is 6.20 Å². The number of nitrogens with zero attached hydrogens (tertiary/aromatic N) is 1. The van der Waals surface area contributed by atoms with Crippen LogP contribution in [-0.4, -0.2) is 4.11 Å². The average Bonchev–Trinajstić information content (AvgIpc) is 1.65. The van der Waals surface area contributed by atoms with Crippen LogP contribution in [0.1, 0.15) is 0 Å². The van der Waals surface area contributed by atoms with Gasteiger partial charge in [0.15, 0.2) is 11.9 Å². The molecule has 0 aliphatic carbocycles. The minimum absolute atomic E-state index is 0.101. The lowest BCUT2D eigenvalue weighted by atomic mass is 10.6. The van der Waals surface area contributed by atoms with Crippen LogP contribution in [-0.2, 0) is 0 Å². The molecule has 0 unspecified atom stereocenters. The molecule has 0 aromatic rings. The van der Waals surface area contributed by atoms with Gasteiger partial charge in [-0.25, -0.2) is 0 Å². The van der Waals surface area contributed by atoms with E-state index in [9.17, 15) is 0 Å². The van der Waals surface area contributed by atoms with Gasteiger partial charge in [0.2, 0.25) is 0 Å². The Morgan fingerprint density at radius 1 is 1.25 bits per heavy atom. The van der Waals surface area contributed by atoms with Crippen molar-refractivity contribution >= 4 is 11.9 Å². The lowest BCUT2D eigenvalue weighted by Gasteiger charge is -2.17. The molecule has 44 valence electrons. The Labute approximate surface area is 52.3 Å². The number of rotatable bonds is 0. The molecule has 1 heterocycles. The van der Waals surface area contributed by atoms with Crippen molar-refractivity contribution in [2.75, 3.05) is 0 Å². The van der Waals surface area contributed by atoms with Gasteiger partial charge in [0.05, 0.1) is 0 Å². The molecule has 0 fully saturated rings. The van der Waals surface area contributed by atoms with E-state index in [4.69, 9.17) is 11.7 Å². The quantitative estimate of drug-likeness (QED) is 0.280. The summed E-state index contributed by atoms with van der Waals surface area (Å²) in [5.41, 5.74) is 0. The summed E-state index contributed by atoms with van der Waals surface area (Å²) in [5.74, 6) is 10.8. The first-order chi connectivity index (χ1) is 3.71. The van der Waals surface area contributed by atoms with E-state index in [1.165, 1.54) is 11.9 Å². The van der Waals surface area contributed by atoms with Crippen LogP contribution >= 0.6 is 11.9 Å². The summed E-state index contributed by atoms with van der Waals surface area (Å²) in [5, 5.41) is 1.85. The van der Waals surface area contributed by atoms with E-state index in [1.807, 2.05) is 17.6 Å². The van der Waals surface area contributed by atoms with Crippen LogP contribution in [0.25, 0.3) is 0 Å². The fourth-order valence-corrected chi connectivity index (χ4v) is 0.918. The Morgan fingerprint density at radius 2 is 2.00 bits per heavy atom. The summed E-state index contributed by atoms with van der Waals surface area (Å²) in [6.07, 6.45) is 5.40. The third-order valence-electron chi connectivity index (χ3n) is 0.752. The van der Waals surface area contributed by atoms with Gasteiger partial charge in [-0.1, -0.05) is 4.11 Å². The third kappa shape index (κ3) is 1.34. The van der Waals surface area contributed by atoms with Crippen LogP contribution in [0.4, 0.5) is 0 Å². The summed E-state index contributed by atoms with van der Waals surface area (Å²) >= 11 is 1.35. The van der Waals surface area contributed by atoms with Crippen molar-refractivity contribution in [1.82, 2.24) is 0 Å². The fourth-order valence-electron chi connectivity index (χ4n) is 0.405. The van der Waals surface area contributed by atoms with E-state index in [0.29, 0.717) is 0 Å². The normalized spacial score (nSPS) is 23.8. The van der Waals surface area contributed by atoms with E-state index in [-0.39, 0.29) is 4.11 Å². The van der Waals surface area contributed by atoms with Crippen LogP contribution in [0, 0.1) is 0 Å². The molecule has 0 aromatic heterocycles. The maximum Gasteiger partial charge on any atom is 0.152 e. The van der Waals surface area contributed by atoms with Crippen LogP contribution in [0.15, 0.2) is 23.8 Å². The minimum Gasteiger partial charge on any atom is -0.144 e. The smallest absolute Gasteiger partial charge is 0.144 e. The van der Waals surface area contributed by atoms with Crippen molar-refractivity contribution in [2.45, 2.75) is 0 Å². The van der Waals surface area contributed by atoms with Crippen LogP contribution in [0.2, 0.25) is 0 Å². The van der Waals surface area contributed by atoms with Gasteiger partial charge in [0.1, 0.15) is 6.20 Å². The van der Waals surface area contributed by atoms with Crippen molar-refractivity contribution in [3.8, 4) is 0 Å². The lowest BCUT2D eigenvalue weighted by molar-refractivity contribution is -0.764. The molecule has 0 saturated heterocycles. The number of allylic oxidation sites excluding steroid dienone is 2. The van der Waals surface area contributed by atoms with Gasteiger partial charge in [-0.2, -0.15) is 0 Å². The summed E-state index contributed by atoms with van der Waals surface area (Å²) in [6.45, 7) is 0. The Morgan fingerprint density at radius 3 is 2.25 bits per heavy atom. The first-order valence-corrected chi connectivity index (χ1v) is 3.03.